The van der Waals surface area contributed by atoms with Crippen LogP contribution in [0.1, 0.15) is 180 Å². The van der Waals surface area contributed by atoms with Crippen molar-refractivity contribution in [1.29, 1.82) is 0 Å². The minimum absolute atomic E-state index is 0.00872. The molecule has 0 aliphatic rings. The highest BCUT2D eigenvalue weighted by Gasteiger charge is 2.33. The number of carbonyl (C=O) groups excluding carboxylic acids is 5. The average Bonchev–Trinajstić information content (AvgIpc) is 0.830. The minimum atomic E-state index is -4.59. The molecule has 0 atom stereocenters. The molecule has 10 aromatic rings. The maximum absolute atomic E-state index is 13.0. The first-order valence-corrected chi connectivity index (χ1v) is 40.2. The van der Waals surface area contributed by atoms with Crippen molar-refractivity contribution in [2.75, 3.05) is 39.0 Å². The molecule has 0 fully saturated rings. The Labute approximate surface area is 722 Å². The number of nitrogens with zero attached hydrogens (tertiary/aromatic N) is 5. The number of anilines is 5. The van der Waals surface area contributed by atoms with E-state index in [-0.39, 0.29) is 105 Å². The van der Waals surface area contributed by atoms with Crippen molar-refractivity contribution in [1.82, 2.24) is 0 Å². The summed E-state index contributed by atoms with van der Waals surface area (Å²) in [4.78, 5) is 59.1. The quantitative estimate of drug-likeness (QED) is 0.0159. The van der Waals surface area contributed by atoms with Crippen LogP contribution >= 0.6 is 0 Å². The van der Waals surface area contributed by atoms with Crippen LogP contribution in [0.3, 0.4) is 0 Å². The van der Waals surface area contributed by atoms with E-state index >= 15 is 0 Å². The van der Waals surface area contributed by atoms with Gasteiger partial charge in [0.1, 0.15) is 73.3 Å². The lowest BCUT2D eigenvalue weighted by molar-refractivity contribution is -0.137. The van der Waals surface area contributed by atoms with Crippen LogP contribution < -0.4 is 58.5 Å². The number of hydroxylamine groups is 5. The number of methoxy groups -OCH3 is 1. The van der Waals surface area contributed by atoms with Crippen molar-refractivity contribution >= 4 is 64.0 Å². The smallest absolute Gasteiger partial charge is 0.416 e. The maximum atomic E-state index is 13.0. The van der Waals surface area contributed by atoms with Gasteiger partial charge < -0.3 is 33.2 Å². The van der Waals surface area contributed by atoms with Crippen LogP contribution in [-0.4, -0.2) is 69.3 Å². The molecule has 124 heavy (non-hydrogen) atoms. The molecular weight excluding hydrogens is 1600 g/mol. The lowest BCUT2D eigenvalue weighted by Gasteiger charge is -2.21. The van der Waals surface area contributed by atoms with Crippen LogP contribution in [0.4, 0.5) is 50.4 Å². The third-order valence-corrected chi connectivity index (χ3v) is 19.2. The Balaban J connectivity index is 0.000000240. The second-order valence-corrected chi connectivity index (χ2v) is 28.9. The summed E-state index contributed by atoms with van der Waals surface area (Å²) in [5, 5.41) is 53.4. The topological polar surface area (TPSA) is 267 Å². The zero-order valence-electron chi connectivity index (χ0n) is 73.2. The highest BCUT2D eigenvalue weighted by molar-refractivity contribution is 5.95. The number of hydrogen-bond donors (Lipinski definition) is 5. The standard InChI is InChI=1S/C20H25NO4.C20H23NO3.C19H20F3NO3.C19H21F2NO3.C19H23NO4/c1-5-20(22)21(23)18-12-17(24-6-2)9-8-16(18)13-25-19-10-7-14(3)11-15(19)4;1-5-16-8-7-9-17(20(16)21(23)19(22)6-2)13-24-18-11-10-14(3)12-15(18)4;1-4-18(24)23(25)16-10-15(19(20,21)22)7-6-14(16)11-26-17-8-5-12(2)9-13(17)3;1-4-18(23)22(24)16-10-14(19(20)21)6-7-15(16)11-25-17-8-5-12(2)9-13(17)3;1-5-19(21)20(22)17-11-16(23-4)8-7-15(17)12-24-18-9-6-13(2)10-14(18)3/h7-12,23H,5-6,13H2,1-4H3;5,7-12,23H,1,6,13H2,2-4H3;5-10,25H,4,11H2,1-3H3;5-10,19,24H,4,11H2,1-3H3;6-11,22H,5,12H2,1-4H3. The lowest BCUT2D eigenvalue weighted by atomic mass is 10.1. The fourth-order valence-electron chi connectivity index (χ4n) is 12.3. The second-order valence-electron chi connectivity index (χ2n) is 28.9. The Kier molecular flexibility index (Phi) is 39.0. The molecule has 662 valence electrons. The third kappa shape index (κ3) is 29.0. The molecule has 5 N–H and O–H groups in total. The van der Waals surface area contributed by atoms with Crippen molar-refractivity contribution in [3.63, 3.8) is 0 Å². The Morgan fingerprint density at radius 2 is 0.661 bits per heavy atom. The number of halogens is 5. The predicted octanol–water partition coefficient (Wildman–Crippen LogP) is 23.1. The maximum Gasteiger partial charge on any atom is 0.416 e. The van der Waals surface area contributed by atoms with E-state index < -0.39 is 35.9 Å². The summed E-state index contributed by atoms with van der Waals surface area (Å²) in [5.41, 5.74) is 13.8. The van der Waals surface area contributed by atoms with Gasteiger partial charge in [-0.05, 0) is 177 Å². The number of aryl methyl sites for hydroxylation is 10. The summed E-state index contributed by atoms with van der Waals surface area (Å²) in [7, 11) is 1.54. The first-order chi connectivity index (χ1) is 58.8. The Morgan fingerprint density at radius 1 is 0.363 bits per heavy atom. The van der Waals surface area contributed by atoms with Gasteiger partial charge in [-0.3, -0.25) is 50.0 Å². The van der Waals surface area contributed by atoms with Crippen LogP contribution in [0.2, 0.25) is 0 Å². The van der Waals surface area contributed by atoms with Crippen LogP contribution in [0.25, 0.3) is 6.08 Å². The van der Waals surface area contributed by atoms with Gasteiger partial charge in [-0.2, -0.15) is 38.5 Å². The van der Waals surface area contributed by atoms with Gasteiger partial charge in [0.25, 0.3) is 6.43 Å². The van der Waals surface area contributed by atoms with E-state index in [0.717, 1.165) is 80.0 Å². The molecule has 27 heteroatoms. The summed E-state index contributed by atoms with van der Waals surface area (Å²) in [5.74, 6) is 2.26. The molecule has 0 bridgehead atoms. The van der Waals surface area contributed by atoms with Crippen molar-refractivity contribution < 1.29 is 105 Å². The normalized spacial score (nSPS) is 10.7. The highest BCUT2D eigenvalue weighted by Crippen LogP contribution is 2.38. The fraction of sp³-hybridized carbons (Fsp3) is 0.309. The molecule has 5 amide bonds. The molecule has 0 spiro atoms. The molecule has 0 aliphatic carbocycles. The van der Waals surface area contributed by atoms with Crippen LogP contribution in [0.15, 0.2) is 189 Å². The summed E-state index contributed by atoms with van der Waals surface area (Å²) >= 11 is 0. The first-order valence-electron chi connectivity index (χ1n) is 40.2. The van der Waals surface area contributed by atoms with Gasteiger partial charge in [0.05, 0.1) is 47.7 Å². The Bertz CT molecular complexity index is 5290. The summed E-state index contributed by atoms with van der Waals surface area (Å²) < 4.78 is 105. The molecule has 22 nitrogen and oxygen atoms in total. The molecule has 0 heterocycles. The van der Waals surface area contributed by atoms with Gasteiger partial charge in [0.15, 0.2) is 0 Å². The molecule has 0 saturated carbocycles. The monoisotopic (exact) mass is 1710 g/mol. The fourth-order valence-corrected chi connectivity index (χ4v) is 12.3. The van der Waals surface area contributed by atoms with Crippen molar-refractivity contribution in [2.24, 2.45) is 0 Å². The number of carbonyl (C=O) groups is 5. The number of rotatable bonds is 30. The molecule has 0 saturated heterocycles. The van der Waals surface area contributed by atoms with Gasteiger partial charge in [-0.15, -0.1) is 0 Å². The number of ether oxygens (including phenoxy) is 7. The molecule has 0 aromatic heterocycles. The van der Waals surface area contributed by atoms with E-state index in [1.54, 1.807) is 82.3 Å². The summed E-state index contributed by atoms with van der Waals surface area (Å²) in [6.45, 7) is 34.7. The van der Waals surface area contributed by atoms with E-state index in [1.165, 1.54) is 48.9 Å². The second kappa shape index (κ2) is 48.3. The number of para-hydroxylation sites is 1. The summed E-state index contributed by atoms with van der Waals surface area (Å²) in [6.07, 6.45) is -5.06. The van der Waals surface area contributed by atoms with Gasteiger partial charge in [0.2, 0.25) is 29.5 Å². The van der Waals surface area contributed by atoms with E-state index in [2.05, 4.69) is 12.6 Å². The van der Waals surface area contributed by atoms with Gasteiger partial charge >= 0.3 is 6.18 Å². The van der Waals surface area contributed by atoms with Crippen LogP contribution in [0, 0.1) is 69.2 Å². The van der Waals surface area contributed by atoms with Gasteiger partial charge in [0, 0.05) is 83.2 Å². The predicted molar refractivity (Wildman–Crippen MR) is 469 cm³/mol. The van der Waals surface area contributed by atoms with Crippen molar-refractivity contribution in [2.45, 2.75) is 189 Å². The molecule has 0 radical (unpaired) electrons. The van der Waals surface area contributed by atoms with Crippen LogP contribution in [-0.2, 0) is 63.2 Å². The van der Waals surface area contributed by atoms with Crippen LogP contribution in [0.5, 0.6) is 40.2 Å². The zero-order chi connectivity index (χ0) is 91.8. The Hall–Kier alpha value is -12.7. The largest absolute Gasteiger partial charge is 0.497 e. The van der Waals surface area contributed by atoms with Crippen molar-refractivity contribution in [3.8, 4) is 40.2 Å². The number of benzene rings is 10. The molecule has 0 aliphatic heterocycles. The SMILES string of the molecule is C=Cc1cccc(COc2ccc(C)cc2C)c1N(O)C(=O)CC.CCC(=O)N(O)c1cc(C(F)(F)F)ccc1COc1ccc(C)cc1C.CCC(=O)N(O)c1cc(C(F)F)ccc1COc1ccc(C)cc1C.CCC(=O)N(O)c1cc(OC)ccc1COc1ccc(C)cc1C.CCOc1ccc(COc2ccc(C)cc2C)c(N(O)C(=O)CC)c1. The number of hydrogen-bond acceptors (Lipinski definition) is 17. The number of alkyl halides is 5. The third-order valence-electron chi connectivity index (χ3n) is 19.2. The minimum Gasteiger partial charge on any atom is -0.497 e. The lowest BCUT2D eigenvalue weighted by Crippen LogP contribution is -2.28. The number of amides is 5. The van der Waals surface area contributed by atoms with Crippen molar-refractivity contribution in [3.05, 3.63) is 289 Å². The zero-order valence-corrected chi connectivity index (χ0v) is 73.2. The molecular formula is C97H112F5N5O17. The van der Waals surface area contributed by atoms with E-state index in [1.807, 2.05) is 167 Å². The van der Waals surface area contributed by atoms with Gasteiger partial charge in [-0.25, -0.2) is 8.78 Å². The highest BCUT2D eigenvalue weighted by atomic mass is 19.4. The van der Waals surface area contributed by atoms with E-state index in [0.29, 0.717) is 89.2 Å². The molecule has 0 unspecified atom stereocenters. The van der Waals surface area contributed by atoms with Gasteiger partial charge in [-0.1, -0.05) is 172 Å². The molecule has 10 rings (SSSR count). The first kappa shape index (κ1) is 100. The average molecular weight is 1710 g/mol. The van der Waals surface area contributed by atoms with E-state index in [4.69, 9.17) is 33.2 Å². The summed E-state index contributed by atoms with van der Waals surface area (Å²) in [6, 6.07) is 51.7. The van der Waals surface area contributed by atoms with E-state index in [9.17, 15) is 72.0 Å². The molecule has 10 aromatic carbocycles. The Morgan fingerprint density at radius 3 is 0.968 bits per heavy atom.